The van der Waals surface area contributed by atoms with Crippen molar-refractivity contribution >= 4 is 5.78 Å². The van der Waals surface area contributed by atoms with Gasteiger partial charge in [-0.25, -0.2) is 0 Å². The van der Waals surface area contributed by atoms with Crippen molar-refractivity contribution < 1.29 is 4.79 Å². The van der Waals surface area contributed by atoms with E-state index >= 15 is 0 Å². The first kappa shape index (κ1) is 13.1. The van der Waals surface area contributed by atoms with Crippen molar-refractivity contribution in [2.45, 2.75) is 65.2 Å². The zero-order valence-electron chi connectivity index (χ0n) is 13.0. The largest absolute Gasteiger partial charge is 0.299 e. The minimum atomic E-state index is 0.183. The smallest absolute Gasteiger partial charge is 0.140 e. The van der Waals surface area contributed by atoms with Crippen molar-refractivity contribution in [1.29, 1.82) is 0 Å². The third-order valence-corrected chi connectivity index (χ3v) is 7.74. The fourth-order valence-electron chi connectivity index (χ4n) is 6.70. The Bertz CT molecular complexity index is 464. The number of ketones is 1. The molecule has 0 N–H and O–H groups in total. The molecule has 0 radical (unpaired) electrons. The van der Waals surface area contributed by atoms with Crippen LogP contribution in [0.25, 0.3) is 0 Å². The molecule has 4 aliphatic carbocycles. The summed E-state index contributed by atoms with van der Waals surface area (Å²) in [5.41, 5.74) is 0.814. The first-order valence-electron chi connectivity index (χ1n) is 8.75. The van der Waals surface area contributed by atoms with Gasteiger partial charge in [-0.15, -0.1) is 0 Å². The minimum Gasteiger partial charge on any atom is -0.299 e. The second-order valence-corrected chi connectivity index (χ2v) is 8.53. The molecule has 0 saturated heterocycles. The first-order chi connectivity index (χ1) is 9.55. The molecular formula is C19H28O. The zero-order valence-corrected chi connectivity index (χ0v) is 13.0. The molecule has 0 aromatic carbocycles. The molecule has 3 saturated carbocycles. The Morgan fingerprint density at radius 1 is 1.05 bits per heavy atom. The van der Waals surface area contributed by atoms with Crippen LogP contribution in [0.3, 0.4) is 0 Å². The van der Waals surface area contributed by atoms with Crippen LogP contribution in [-0.2, 0) is 4.79 Å². The average molecular weight is 272 g/mol. The van der Waals surface area contributed by atoms with E-state index in [-0.39, 0.29) is 5.41 Å². The average Bonchev–Trinajstić information content (AvgIpc) is 2.80. The molecule has 0 aromatic rings. The van der Waals surface area contributed by atoms with E-state index in [1.54, 1.807) is 0 Å². The molecule has 3 fully saturated rings. The molecule has 1 unspecified atom stereocenters. The summed E-state index contributed by atoms with van der Waals surface area (Å²) in [6, 6.07) is 0. The maximum atomic E-state index is 12.3. The van der Waals surface area contributed by atoms with Crippen LogP contribution in [0.4, 0.5) is 0 Å². The van der Waals surface area contributed by atoms with Gasteiger partial charge in [-0.1, -0.05) is 32.4 Å². The molecule has 110 valence electrons. The van der Waals surface area contributed by atoms with E-state index < -0.39 is 0 Å². The molecule has 0 heterocycles. The van der Waals surface area contributed by atoms with Gasteiger partial charge in [-0.3, -0.25) is 4.79 Å². The van der Waals surface area contributed by atoms with Crippen LogP contribution in [0.5, 0.6) is 0 Å². The maximum absolute atomic E-state index is 12.3. The molecule has 1 heteroatoms. The van der Waals surface area contributed by atoms with Crippen LogP contribution in [0, 0.1) is 34.5 Å². The quantitative estimate of drug-likeness (QED) is 0.581. The van der Waals surface area contributed by atoms with Crippen molar-refractivity contribution in [1.82, 2.24) is 0 Å². The molecule has 6 atom stereocenters. The van der Waals surface area contributed by atoms with Gasteiger partial charge in [0.2, 0.25) is 0 Å². The maximum Gasteiger partial charge on any atom is 0.140 e. The summed E-state index contributed by atoms with van der Waals surface area (Å²) in [4.78, 5) is 12.3. The number of hydrogen-bond acceptors (Lipinski definition) is 1. The van der Waals surface area contributed by atoms with E-state index in [0.29, 0.717) is 23.5 Å². The number of carbonyl (C=O) groups is 1. The second-order valence-electron chi connectivity index (χ2n) is 8.53. The predicted molar refractivity (Wildman–Crippen MR) is 81.3 cm³/mol. The van der Waals surface area contributed by atoms with Crippen LogP contribution in [0.15, 0.2) is 12.2 Å². The van der Waals surface area contributed by atoms with Gasteiger partial charge in [-0.2, -0.15) is 0 Å². The summed E-state index contributed by atoms with van der Waals surface area (Å²) >= 11 is 0. The Kier molecular flexibility index (Phi) is 2.76. The van der Waals surface area contributed by atoms with Crippen LogP contribution >= 0.6 is 0 Å². The van der Waals surface area contributed by atoms with Crippen molar-refractivity contribution in [2.75, 3.05) is 0 Å². The third-order valence-electron chi connectivity index (χ3n) is 7.74. The van der Waals surface area contributed by atoms with E-state index in [1.165, 1.54) is 38.5 Å². The molecule has 1 nitrogen and oxygen atoms in total. The summed E-state index contributed by atoms with van der Waals surface area (Å²) < 4.78 is 0. The van der Waals surface area contributed by atoms with Gasteiger partial charge in [0.05, 0.1) is 0 Å². The lowest BCUT2D eigenvalue weighted by Gasteiger charge is -2.57. The number of Topliss-reactive ketones (excluding diaryl/α,β-unsaturated/α-hetero) is 1. The van der Waals surface area contributed by atoms with Crippen LogP contribution < -0.4 is 0 Å². The van der Waals surface area contributed by atoms with E-state index in [0.717, 1.165) is 24.2 Å². The number of rotatable bonds is 0. The van der Waals surface area contributed by atoms with E-state index in [4.69, 9.17) is 0 Å². The van der Waals surface area contributed by atoms with Crippen molar-refractivity contribution in [3.8, 4) is 0 Å². The normalized spacial score (nSPS) is 54.2. The SMILES string of the molecule is C[C@@]12CCC[C@H]1[C@@H]1CCC3C(=O)CC=C[C@]3(C)[C@H]1CC2. The van der Waals surface area contributed by atoms with Crippen LogP contribution in [-0.4, -0.2) is 5.78 Å². The summed E-state index contributed by atoms with van der Waals surface area (Å²) in [6.07, 6.45) is 14.9. The van der Waals surface area contributed by atoms with Gasteiger partial charge < -0.3 is 0 Å². The second kappa shape index (κ2) is 4.21. The lowest BCUT2D eigenvalue weighted by Crippen LogP contribution is -2.52. The highest BCUT2D eigenvalue weighted by atomic mass is 16.1. The number of fused-ring (bicyclic) bond motifs is 5. The van der Waals surface area contributed by atoms with E-state index in [1.807, 2.05) is 0 Å². The number of carbonyl (C=O) groups excluding carboxylic acids is 1. The first-order valence-corrected chi connectivity index (χ1v) is 8.75. The van der Waals surface area contributed by atoms with Gasteiger partial charge in [0.25, 0.3) is 0 Å². The van der Waals surface area contributed by atoms with Crippen molar-refractivity contribution in [3.63, 3.8) is 0 Å². The lowest BCUT2D eigenvalue weighted by molar-refractivity contribution is -0.135. The van der Waals surface area contributed by atoms with Gasteiger partial charge in [0.1, 0.15) is 5.78 Å². The zero-order chi connectivity index (χ0) is 14.0. The Hall–Kier alpha value is -0.590. The fourth-order valence-corrected chi connectivity index (χ4v) is 6.70. The van der Waals surface area contributed by atoms with Gasteiger partial charge >= 0.3 is 0 Å². The Balaban J connectivity index is 1.70. The summed E-state index contributed by atoms with van der Waals surface area (Å²) in [6.45, 7) is 4.96. The monoisotopic (exact) mass is 272 g/mol. The Morgan fingerprint density at radius 3 is 2.75 bits per heavy atom. The fraction of sp³-hybridized carbons (Fsp3) is 0.842. The Morgan fingerprint density at radius 2 is 1.90 bits per heavy atom. The minimum absolute atomic E-state index is 0.183. The molecule has 0 aromatic heterocycles. The highest BCUT2D eigenvalue weighted by molar-refractivity contribution is 5.84. The molecule has 20 heavy (non-hydrogen) atoms. The molecule has 0 spiro atoms. The third kappa shape index (κ3) is 1.58. The molecular weight excluding hydrogens is 244 g/mol. The topological polar surface area (TPSA) is 17.1 Å². The molecule has 4 rings (SSSR count). The van der Waals surface area contributed by atoms with Crippen molar-refractivity contribution in [3.05, 3.63) is 12.2 Å². The highest BCUT2D eigenvalue weighted by Gasteiger charge is 2.57. The molecule has 0 aliphatic heterocycles. The van der Waals surface area contributed by atoms with E-state index in [9.17, 15) is 4.79 Å². The standard InChI is InChI=1S/C19H28O/c1-18-10-3-5-14(18)13-7-8-16-17(20)6-4-11-19(16,2)15(13)9-12-18/h4,11,13-16H,3,5-10,12H2,1-2H3/t13-,14-,15-,16?,18-,19+/m0/s1. The van der Waals surface area contributed by atoms with Crippen molar-refractivity contribution in [2.24, 2.45) is 34.5 Å². The Labute approximate surface area is 123 Å². The van der Waals surface area contributed by atoms with Gasteiger partial charge in [0, 0.05) is 12.3 Å². The van der Waals surface area contributed by atoms with Gasteiger partial charge in [0.15, 0.2) is 0 Å². The highest BCUT2D eigenvalue weighted by Crippen LogP contribution is 2.64. The summed E-state index contributed by atoms with van der Waals surface area (Å²) in [7, 11) is 0. The molecule has 0 bridgehead atoms. The van der Waals surface area contributed by atoms with Crippen LogP contribution in [0.1, 0.15) is 65.2 Å². The van der Waals surface area contributed by atoms with Gasteiger partial charge in [-0.05, 0) is 67.1 Å². The number of hydrogen-bond donors (Lipinski definition) is 0. The summed E-state index contributed by atoms with van der Waals surface area (Å²) in [5, 5.41) is 0. The molecule has 0 amide bonds. The number of allylic oxidation sites excluding steroid dienone is 2. The van der Waals surface area contributed by atoms with Crippen LogP contribution in [0.2, 0.25) is 0 Å². The van der Waals surface area contributed by atoms with E-state index in [2.05, 4.69) is 26.0 Å². The molecule has 4 aliphatic rings. The lowest BCUT2D eigenvalue weighted by atomic mass is 9.46. The predicted octanol–water partition coefficient (Wildman–Crippen LogP) is 4.76. The summed E-state index contributed by atoms with van der Waals surface area (Å²) in [5.74, 6) is 3.48.